The Hall–Kier alpha value is -2.74. The number of carbonyl (C=O) groups excluding carboxylic acids is 1. The van der Waals surface area contributed by atoms with E-state index in [1.54, 1.807) is 6.08 Å². The summed E-state index contributed by atoms with van der Waals surface area (Å²) in [4.78, 5) is 17.8. The third-order valence-corrected chi connectivity index (χ3v) is 11.2. The zero-order chi connectivity index (χ0) is 31.9. The number of aliphatic hydroxyl groups excluding tert-OH is 2. The number of rotatable bonds is 9. The maximum atomic E-state index is 13.3. The molecule has 1 aromatic heterocycles. The number of amidine groups is 1. The highest BCUT2D eigenvalue weighted by Crippen LogP contribution is 2.38. The lowest BCUT2D eigenvalue weighted by molar-refractivity contribution is -0.138. The van der Waals surface area contributed by atoms with Gasteiger partial charge in [-0.3, -0.25) is 9.79 Å². The first-order chi connectivity index (χ1) is 20.7. The van der Waals surface area contributed by atoms with Crippen LogP contribution in [0.3, 0.4) is 0 Å². The fourth-order valence-electron chi connectivity index (χ4n) is 6.90. The standard InChI is InChI=1S/C31H41F3N4O5S/c1-20-17-27-26(8-13-37(27)18-24(40)19-39)21(2)25(20)9-16-44(42,43)38-14-11-30(12-15-38)29(41)35-28(36-30)23-5-3-22(4-6-23)7-10-31(32,33)34/h8-9,13,16-17,22-24,39-40H,3-7,10-12,14-15,18-19H2,1-2H3,(H,35,36,41)/t22?,23?,24-/m1/s1. The van der Waals surface area contributed by atoms with Crippen molar-refractivity contribution in [2.45, 2.75) is 89.6 Å². The van der Waals surface area contributed by atoms with Crippen molar-refractivity contribution in [3.05, 3.63) is 40.4 Å². The second kappa shape index (κ2) is 12.6. The molecule has 2 aromatic rings. The summed E-state index contributed by atoms with van der Waals surface area (Å²) in [7, 11) is -3.78. The van der Waals surface area contributed by atoms with Crippen molar-refractivity contribution in [1.82, 2.24) is 14.2 Å². The Balaban J connectivity index is 1.22. The third-order valence-electron chi connectivity index (χ3n) is 9.60. The number of aliphatic imine (C=N–C) groups is 1. The first-order valence-electron chi connectivity index (χ1n) is 15.3. The number of piperidine rings is 1. The van der Waals surface area contributed by atoms with Crippen molar-refractivity contribution in [1.29, 1.82) is 0 Å². The monoisotopic (exact) mass is 638 g/mol. The molecular formula is C31H41F3N4O5S. The van der Waals surface area contributed by atoms with E-state index in [9.17, 15) is 36.6 Å². The number of halogens is 3. The van der Waals surface area contributed by atoms with Gasteiger partial charge in [0.15, 0.2) is 0 Å². The van der Waals surface area contributed by atoms with Crippen LogP contribution in [0.4, 0.5) is 13.2 Å². The number of hydrogen-bond acceptors (Lipinski definition) is 6. The fraction of sp³-hybridized carbons (Fsp3) is 0.613. The van der Waals surface area contributed by atoms with Crippen LogP contribution in [0.1, 0.15) is 68.1 Å². The van der Waals surface area contributed by atoms with E-state index in [0.29, 0.717) is 31.5 Å². The van der Waals surface area contributed by atoms with Crippen LogP contribution in [-0.4, -0.2) is 76.8 Å². The fourth-order valence-corrected chi connectivity index (χ4v) is 8.08. The Kier molecular flexibility index (Phi) is 9.33. The Morgan fingerprint density at radius 2 is 1.86 bits per heavy atom. The number of carbonyl (C=O) groups is 1. The topological polar surface area (TPSA) is 124 Å². The van der Waals surface area contributed by atoms with E-state index in [0.717, 1.165) is 27.6 Å². The highest BCUT2D eigenvalue weighted by atomic mass is 32.2. The molecule has 3 N–H and O–H groups in total. The van der Waals surface area contributed by atoms with Gasteiger partial charge < -0.3 is 20.1 Å². The first-order valence-corrected chi connectivity index (χ1v) is 16.8. The van der Waals surface area contributed by atoms with Crippen molar-refractivity contribution in [3.8, 4) is 0 Å². The van der Waals surface area contributed by atoms with Crippen LogP contribution < -0.4 is 5.32 Å². The molecule has 0 radical (unpaired) electrons. The Bertz CT molecular complexity index is 1550. The molecule has 2 fully saturated rings. The number of aryl methyl sites for hydroxylation is 2. The smallest absolute Gasteiger partial charge is 0.389 e. The summed E-state index contributed by atoms with van der Waals surface area (Å²) in [6.45, 7) is 4.01. The van der Waals surface area contributed by atoms with Gasteiger partial charge in [-0.1, -0.05) is 0 Å². The number of benzene rings is 1. The highest BCUT2D eigenvalue weighted by Gasteiger charge is 2.48. The molecule has 13 heteroatoms. The first kappa shape index (κ1) is 32.6. The average molecular weight is 639 g/mol. The minimum Gasteiger partial charge on any atom is -0.394 e. The molecule has 1 saturated heterocycles. The average Bonchev–Trinajstić information content (AvgIpc) is 3.52. The normalized spacial score (nSPS) is 23.9. The summed E-state index contributed by atoms with van der Waals surface area (Å²) in [5.74, 6) is 0.409. The van der Waals surface area contributed by atoms with E-state index < -0.39 is 34.3 Å². The van der Waals surface area contributed by atoms with Crippen molar-refractivity contribution in [2.75, 3.05) is 19.7 Å². The number of aliphatic hydroxyl groups is 2. The van der Waals surface area contributed by atoms with Crippen LogP contribution in [0, 0.1) is 25.7 Å². The van der Waals surface area contributed by atoms with Crippen LogP contribution in [0.5, 0.6) is 0 Å². The molecule has 0 unspecified atom stereocenters. The van der Waals surface area contributed by atoms with Crippen LogP contribution in [-0.2, 0) is 21.4 Å². The molecule has 2 aliphatic heterocycles. The van der Waals surface area contributed by atoms with E-state index in [2.05, 4.69) is 5.32 Å². The van der Waals surface area contributed by atoms with E-state index in [1.807, 2.05) is 36.7 Å². The minimum absolute atomic E-state index is 0.00521. The minimum atomic E-state index is -4.14. The highest BCUT2D eigenvalue weighted by molar-refractivity contribution is 7.92. The Morgan fingerprint density at radius 3 is 2.50 bits per heavy atom. The second-order valence-corrected chi connectivity index (χ2v) is 14.4. The maximum absolute atomic E-state index is 13.3. The molecule has 5 rings (SSSR count). The lowest BCUT2D eigenvalue weighted by atomic mass is 9.79. The largest absolute Gasteiger partial charge is 0.394 e. The molecule has 1 aliphatic carbocycles. The molecule has 3 heterocycles. The van der Waals surface area contributed by atoms with E-state index in [-0.39, 0.29) is 63.2 Å². The van der Waals surface area contributed by atoms with Gasteiger partial charge >= 0.3 is 6.18 Å². The molecule has 44 heavy (non-hydrogen) atoms. The summed E-state index contributed by atoms with van der Waals surface area (Å²) in [6, 6.07) is 3.85. The van der Waals surface area contributed by atoms with Gasteiger partial charge in [0, 0.05) is 47.9 Å². The molecule has 242 valence electrons. The summed E-state index contributed by atoms with van der Waals surface area (Å²) < 4.78 is 67.7. The van der Waals surface area contributed by atoms with Gasteiger partial charge in [-0.25, -0.2) is 8.42 Å². The van der Waals surface area contributed by atoms with Crippen molar-refractivity contribution in [3.63, 3.8) is 0 Å². The van der Waals surface area contributed by atoms with Crippen LogP contribution in [0.2, 0.25) is 0 Å². The zero-order valence-electron chi connectivity index (χ0n) is 25.1. The van der Waals surface area contributed by atoms with Crippen molar-refractivity contribution >= 4 is 38.7 Å². The number of nitrogens with zero attached hydrogens (tertiary/aromatic N) is 3. The zero-order valence-corrected chi connectivity index (χ0v) is 25.9. The maximum Gasteiger partial charge on any atom is 0.389 e. The van der Waals surface area contributed by atoms with Gasteiger partial charge in [-0.2, -0.15) is 17.5 Å². The van der Waals surface area contributed by atoms with Crippen LogP contribution in [0.25, 0.3) is 17.0 Å². The van der Waals surface area contributed by atoms with Gasteiger partial charge in [-0.15, -0.1) is 0 Å². The Labute approximate surface area is 255 Å². The molecular weight excluding hydrogens is 597 g/mol. The molecule has 3 aliphatic rings. The summed E-state index contributed by atoms with van der Waals surface area (Å²) in [5, 5.41) is 24.1. The Morgan fingerprint density at radius 1 is 1.18 bits per heavy atom. The summed E-state index contributed by atoms with van der Waals surface area (Å²) in [5.41, 5.74) is 2.44. The van der Waals surface area contributed by atoms with Crippen LogP contribution >= 0.6 is 0 Å². The van der Waals surface area contributed by atoms with Gasteiger partial charge in [0.2, 0.25) is 10.0 Å². The summed E-state index contributed by atoms with van der Waals surface area (Å²) >= 11 is 0. The predicted octanol–water partition coefficient (Wildman–Crippen LogP) is 4.42. The molecule has 1 aromatic carbocycles. The van der Waals surface area contributed by atoms with Gasteiger partial charge in [-0.05, 0) is 99.6 Å². The molecule has 1 amide bonds. The van der Waals surface area contributed by atoms with Crippen molar-refractivity contribution < 1.29 is 36.6 Å². The van der Waals surface area contributed by atoms with Crippen molar-refractivity contribution in [2.24, 2.45) is 16.8 Å². The van der Waals surface area contributed by atoms with E-state index >= 15 is 0 Å². The molecule has 1 spiro atoms. The van der Waals surface area contributed by atoms with Gasteiger partial charge in [0.05, 0.1) is 19.3 Å². The number of fused-ring (bicyclic) bond motifs is 1. The summed E-state index contributed by atoms with van der Waals surface area (Å²) in [6.07, 6.45) is 1.01. The van der Waals surface area contributed by atoms with E-state index in [1.165, 1.54) is 9.71 Å². The number of sulfonamides is 1. The SMILES string of the molecule is Cc1cc2c(ccn2C[C@@H](O)CO)c(C)c1C=CS(=O)(=O)N1CCC2(CC1)N=C(C1CCC(CCC(F)(F)F)CC1)NC2=O. The number of amides is 1. The van der Waals surface area contributed by atoms with Crippen LogP contribution in [0.15, 0.2) is 28.7 Å². The van der Waals surface area contributed by atoms with Gasteiger partial charge in [0.1, 0.15) is 11.4 Å². The lowest BCUT2D eigenvalue weighted by Gasteiger charge is -2.34. The number of hydrogen-bond donors (Lipinski definition) is 3. The number of nitrogens with one attached hydrogen (secondary N) is 1. The van der Waals surface area contributed by atoms with E-state index in [4.69, 9.17) is 4.99 Å². The van der Waals surface area contributed by atoms with Gasteiger partial charge in [0.25, 0.3) is 5.91 Å². The molecule has 1 atom stereocenters. The third kappa shape index (κ3) is 6.90. The predicted molar refractivity (Wildman–Crippen MR) is 162 cm³/mol. The quantitative estimate of drug-likeness (QED) is 0.375. The molecule has 1 saturated carbocycles. The molecule has 9 nitrogen and oxygen atoms in total. The number of alkyl halides is 3. The second-order valence-electron chi connectivity index (χ2n) is 12.6. The number of aromatic nitrogens is 1. The molecule has 0 bridgehead atoms. The lowest BCUT2D eigenvalue weighted by Crippen LogP contribution is -2.50.